The van der Waals surface area contributed by atoms with Crippen LogP contribution in [-0.2, 0) is 13.1 Å². The molecule has 0 bridgehead atoms. The Bertz CT molecular complexity index is 1380. The van der Waals surface area contributed by atoms with Crippen LogP contribution >= 0.6 is 0 Å². The van der Waals surface area contributed by atoms with E-state index in [0.29, 0.717) is 24.6 Å². The molecule has 5 heteroatoms. The normalized spacial score (nSPS) is 18.1. The summed E-state index contributed by atoms with van der Waals surface area (Å²) in [5.41, 5.74) is 6.23. The Morgan fingerprint density at radius 2 is 1.75 bits per heavy atom. The van der Waals surface area contributed by atoms with E-state index in [1.165, 1.54) is 54.3 Å². The molecule has 1 aliphatic heterocycles. The lowest BCUT2D eigenvalue weighted by atomic mass is 9.81. The number of fused-ring (bicyclic) bond motifs is 5. The molecule has 1 atom stereocenters. The van der Waals surface area contributed by atoms with Crippen molar-refractivity contribution >= 4 is 16.9 Å². The molecular formula is C31H32N2O3. The molecule has 2 aliphatic rings. The molecule has 1 saturated carbocycles. The summed E-state index contributed by atoms with van der Waals surface area (Å²) in [5, 5.41) is 14.7. The van der Waals surface area contributed by atoms with Gasteiger partial charge in [-0.3, -0.25) is 0 Å². The number of carboxylic acid groups (broad SMARTS) is 1. The van der Waals surface area contributed by atoms with Crippen molar-refractivity contribution < 1.29 is 14.6 Å². The third-order valence-electron chi connectivity index (χ3n) is 7.79. The van der Waals surface area contributed by atoms with Gasteiger partial charge in [-0.05, 0) is 54.2 Å². The minimum absolute atomic E-state index is 0.0700. The number of aromatic carboxylic acids is 1. The van der Waals surface area contributed by atoms with Crippen LogP contribution in [0.25, 0.3) is 22.2 Å². The summed E-state index contributed by atoms with van der Waals surface area (Å²) in [4.78, 5) is 11.9. The van der Waals surface area contributed by atoms with E-state index in [-0.39, 0.29) is 6.04 Å². The zero-order valence-electron chi connectivity index (χ0n) is 20.5. The fourth-order valence-electron chi connectivity index (χ4n) is 6.03. The van der Waals surface area contributed by atoms with Crippen LogP contribution in [0.15, 0.2) is 72.8 Å². The Morgan fingerprint density at radius 1 is 0.972 bits per heavy atom. The van der Waals surface area contributed by atoms with Gasteiger partial charge in [0.05, 0.1) is 17.3 Å². The van der Waals surface area contributed by atoms with Crippen LogP contribution in [0.5, 0.6) is 5.75 Å². The number of nitrogens with zero attached hydrogens (tertiary/aromatic N) is 1. The summed E-state index contributed by atoms with van der Waals surface area (Å²) < 4.78 is 8.79. The molecule has 0 radical (unpaired) electrons. The van der Waals surface area contributed by atoms with Gasteiger partial charge in [0.15, 0.2) is 0 Å². The molecule has 1 aromatic heterocycles. The summed E-state index contributed by atoms with van der Waals surface area (Å²) in [5.74, 6) is 0.472. The number of para-hydroxylation sites is 1. The average molecular weight is 481 g/mol. The van der Waals surface area contributed by atoms with Gasteiger partial charge in [0.1, 0.15) is 12.4 Å². The maximum absolute atomic E-state index is 11.9. The fraction of sp³-hybridized carbons (Fsp3) is 0.323. The van der Waals surface area contributed by atoms with Gasteiger partial charge in [-0.15, -0.1) is 0 Å². The third kappa shape index (κ3) is 4.28. The van der Waals surface area contributed by atoms with Crippen LogP contribution < -0.4 is 10.1 Å². The Labute approximate surface area is 211 Å². The van der Waals surface area contributed by atoms with E-state index in [2.05, 4.69) is 52.3 Å². The van der Waals surface area contributed by atoms with Crippen LogP contribution in [0, 0.1) is 0 Å². The molecule has 4 aromatic rings. The van der Waals surface area contributed by atoms with Crippen molar-refractivity contribution in [3.63, 3.8) is 0 Å². The minimum Gasteiger partial charge on any atom is -0.491 e. The van der Waals surface area contributed by atoms with Crippen LogP contribution in [0.4, 0.5) is 0 Å². The molecule has 1 fully saturated rings. The molecule has 1 aliphatic carbocycles. The molecule has 2 heterocycles. The van der Waals surface area contributed by atoms with E-state index in [1.807, 2.05) is 24.3 Å². The fourth-order valence-corrected chi connectivity index (χ4v) is 6.03. The van der Waals surface area contributed by atoms with E-state index in [1.54, 1.807) is 6.07 Å². The monoisotopic (exact) mass is 480 g/mol. The van der Waals surface area contributed by atoms with Gasteiger partial charge in [0, 0.05) is 29.6 Å². The smallest absolute Gasteiger partial charge is 0.335 e. The highest BCUT2D eigenvalue weighted by Crippen LogP contribution is 2.46. The molecule has 0 saturated heterocycles. The summed E-state index contributed by atoms with van der Waals surface area (Å²) >= 11 is 0. The Kier molecular flexibility index (Phi) is 6.24. The first-order chi connectivity index (χ1) is 17.7. The van der Waals surface area contributed by atoms with E-state index >= 15 is 0 Å². The van der Waals surface area contributed by atoms with Crippen LogP contribution in [0.2, 0.25) is 0 Å². The lowest BCUT2D eigenvalue weighted by Gasteiger charge is -2.28. The number of carboxylic acids is 1. The van der Waals surface area contributed by atoms with Gasteiger partial charge in [0.2, 0.25) is 0 Å². The molecule has 184 valence electrons. The Morgan fingerprint density at radius 3 is 2.56 bits per heavy atom. The van der Waals surface area contributed by atoms with Gasteiger partial charge < -0.3 is 19.7 Å². The molecular weight excluding hydrogens is 448 g/mol. The molecule has 2 N–H and O–H groups in total. The maximum atomic E-state index is 11.9. The van der Waals surface area contributed by atoms with Gasteiger partial charge >= 0.3 is 5.97 Å². The lowest BCUT2D eigenvalue weighted by molar-refractivity contribution is 0.0697. The van der Waals surface area contributed by atoms with E-state index in [0.717, 1.165) is 23.4 Å². The second-order valence-corrected chi connectivity index (χ2v) is 10.1. The number of aromatic nitrogens is 1. The summed E-state index contributed by atoms with van der Waals surface area (Å²) in [6.07, 6.45) is 6.11. The zero-order valence-corrected chi connectivity index (χ0v) is 20.5. The number of nitrogens with one attached hydrogen (secondary N) is 1. The summed E-state index contributed by atoms with van der Waals surface area (Å²) in [6, 6.07) is 24.5. The largest absolute Gasteiger partial charge is 0.491 e. The Hall–Kier alpha value is -3.57. The maximum Gasteiger partial charge on any atom is 0.335 e. The predicted molar refractivity (Wildman–Crippen MR) is 143 cm³/mol. The highest BCUT2D eigenvalue weighted by Gasteiger charge is 2.30. The minimum atomic E-state index is -0.889. The van der Waals surface area contributed by atoms with Crippen molar-refractivity contribution in [1.82, 2.24) is 9.88 Å². The highest BCUT2D eigenvalue weighted by molar-refractivity contribution is 5.98. The molecule has 5 nitrogen and oxygen atoms in total. The molecule has 36 heavy (non-hydrogen) atoms. The average Bonchev–Trinajstić information content (AvgIpc) is 3.22. The highest BCUT2D eigenvalue weighted by atomic mass is 16.5. The Balaban J connectivity index is 1.52. The standard InChI is InChI=1S/C31H32N2O3/c34-31(35)23-15-16-25-27(17-23)33-19-24(32-18-21-9-3-1-4-10-21)20-36-28-14-8-7-13-26(28)30(33)29(25)22-11-5-2-6-12-22/h1,3-4,7-10,13-17,22,24,32H,2,5-6,11-12,18-20H2,(H,34,35)/t24-/m1/s1. The zero-order chi connectivity index (χ0) is 24.5. The van der Waals surface area contributed by atoms with Crippen molar-refractivity contribution in [3.05, 3.63) is 89.5 Å². The number of carbonyl (C=O) groups is 1. The predicted octanol–water partition coefficient (Wildman–Crippen LogP) is 6.61. The van der Waals surface area contributed by atoms with Crippen LogP contribution in [0.1, 0.15) is 59.5 Å². The SMILES string of the molecule is O=C(O)c1ccc2c(C3CCCCC3)c3n(c2c1)C[C@@H](NCc1ccccc1)COc1ccccc1-3. The van der Waals surface area contributed by atoms with E-state index in [4.69, 9.17) is 4.74 Å². The van der Waals surface area contributed by atoms with Gasteiger partial charge in [-0.25, -0.2) is 4.79 Å². The van der Waals surface area contributed by atoms with Crippen molar-refractivity contribution in [2.75, 3.05) is 6.61 Å². The number of benzene rings is 3. The molecule has 0 amide bonds. The number of hydrogen-bond acceptors (Lipinski definition) is 3. The molecule has 0 spiro atoms. The first-order valence-corrected chi connectivity index (χ1v) is 13.1. The number of ether oxygens (including phenoxy) is 1. The first kappa shape index (κ1) is 22.9. The first-order valence-electron chi connectivity index (χ1n) is 13.1. The van der Waals surface area contributed by atoms with Gasteiger partial charge in [-0.1, -0.05) is 67.8 Å². The van der Waals surface area contributed by atoms with Crippen molar-refractivity contribution in [2.45, 2.75) is 57.2 Å². The van der Waals surface area contributed by atoms with E-state index < -0.39 is 5.97 Å². The van der Waals surface area contributed by atoms with Crippen molar-refractivity contribution in [3.8, 4) is 17.0 Å². The topological polar surface area (TPSA) is 63.5 Å². The van der Waals surface area contributed by atoms with Crippen LogP contribution in [0.3, 0.4) is 0 Å². The number of hydrogen-bond donors (Lipinski definition) is 2. The molecule has 6 rings (SSSR count). The third-order valence-corrected chi connectivity index (χ3v) is 7.79. The molecule has 0 unspecified atom stereocenters. The number of rotatable bonds is 5. The second kappa shape index (κ2) is 9.82. The summed E-state index contributed by atoms with van der Waals surface area (Å²) in [6.45, 7) is 2.00. The van der Waals surface area contributed by atoms with Crippen molar-refractivity contribution in [1.29, 1.82) is 0 Å². The van der Waals surface area contributed by atoms with Crippen molar-refractivity contribution in [2.24, 2.45) is 0 Å². The van der Waals surface area contributed by atoms with E-state index in [9.17, 15) is 9.90 Å². The van der Waals surface area contributed by atoms with Gasteiger partial charge in [0.25, 0.3) is 0 Å². The van der Waals surface area contributed by atoms with Gasteiger partial charge in [-0.2, -0.15) is 0 Å². The van der Waals surface area contributed by atoms with Crippen LogP contribution in [-0.4, -0.2) is 28.3 Å². The summed E-state index contributed by atoms with van der Waals surface area (Å²) in [7, 11) is 0. The lowest BCUT2D eigenvalue weighted by Crippen LogP contribution is -2.39. The quantitative estimate of drug-likeness (QED) is 0.338. The second-order valence-electron chi connectivity index (χ2n) is 10.1. The molecule has 3 aromatic carbocycles.